The normalized spacial score (nSPS) is 36.8. The Hall–Kier alpha value is -1.10. The monoisotopic (exact) mass is 237 g/mol. The second-order valence-corrected chi connectivity index (χ2v) is 5.29. The lowest BCUT2D eigenvalue weighted by Gasteiger charge is -2.30. The van der Waals surface area contributed by atoms with Crippen molar-refractivity contribution in [2.75, 3.05) is 13.1 Å². The summed E-state index contributed by atoms with van der Waals surface area (Å²) in [6.07, 6.45) is 4.52. The molecule has 3 heterocycles. The molecule has 0 aromatic heterocycles. The molecule has 0 aromatic rings. The Kier molecular flexibility index (Phi) is 2.78. The van der Waals surface area contributed by atoms with E-state index in [-0.39, 0.29) is 29.9 Å². The highest BCUT2D eigenvalue weighted by atomic mass is 16.2. The second-order valence-electron chi connectivity index (χ2n) is 5.29. The first-order valence-electron chi connectivity index (χ1n) is 6.58. The minimum atomic E-state index is -0.00805. The van der Waals surface area contributed by atoms with Crippen LogP contribution in [0.15, 0.2) is 0 Å². The van der Waals surface area contributed by atoms with Crippen molar-refractivity contribution in [3.05, 3.63) is 0 Å². The Bertz CT molecular complexity index is 339. The third kappa shape index (κ3) is 1.92. The lowest BCUT2D eigenvalue weighted by atomic mass is 10.1. The maximum absolute atomic E-state index is 12.4. The van der Waals surface area contributed by atoms with Gasteiger partial charge in [-0.25, -0.2) is 0 Å². The zero-order valence-corrected chi connectivity index (χ0v) is 9.95. The molecule has 3 fully saturated rings. The van der Waals surface area contributed by atoms with Crippen LogP contribution in [0, 0.1) is 0 Å². The summed E-state index contributed by atoms with van der Waals surface area (Å²) in [5.41, 5.74) is 0. The first-order chi connectivity index (χ1) is 8.25. The Balaban J connectivity index is 1.77. The maximum Gasteiger partial charge on any atom is 0.240 e. The topological polar surface area (TPSA) is 61.4 Å². The van der Waals surface area contributed by atoms with Crippen molar-refractivity contribution in [1.29, 1.82) is 0 Å². The van der Waals surface area contributed by atoms with Gasteiger partial charge in [0.05, 0.1) is 6.04 Å². The van der Waals surface area contributed by atoms with E-state index in [4.69, 9.17) is 0 Å². The number of nitrogens with zero attached hydrogens (tertiary/aromatic N) is 1. The molecule has 2 N–H and O–H groups in total. The van der Waals surface area contributed by atoms with Crippen molar-refractivity contribution < 1.29 is 9.59 Å². The van der Waals surface area contributed by atoms with Gasteiger partial charge in [-0.2, -0.15) is 0 Å². The zero-order chi connectivity index (χ0) is 11.8. The molecule has 3 rings (SSSR count). The third-order valence-corrected chi connectivity index (χ3v) is 4.19. The fourth-order valence-corrected chi connectivity index (χ4v) is 3.31. The summed E-state index contributed by atoms with van der Waals surface area (Å²) in [4.78, 5) is 25.9. The summed E-state index contributed by atoms with van der Waals surface area (Å²) < 4.78 is 0. The maximum atomic E-state index is 12.4. The SMILES string of the molecule is O=C1CC2CCC(CN1)N2C(=O)C1CCCN1. The molecule has 17 heavy (non-hydrogen) atoms. The van der Waals surface area contributed by atoms with Crippen LogP contribution in [0.4, 0.5) is 0 Å². The first kappa shape index (κ1) is 11.0. The standard InChI is InChI=1S/C12H19N3O2/c16-11-6-8-3-4-9(7-14-11)15(8)12(17)10-2-1-5-13-10/h8-10,13H,1-7H2,(H,14,16). The Labute approximate surface area is 101 Å². The van der Waals surface area contributed by atoms with Crippen molar-refractivity contribution in [3.8, 4) is 0 Å². The number of hydrogen-bond donors (Lipinski definition) is 2. The van der Waals surface area contributed by atoms with Gasteiger partial charge in [0.2, 0.25) is 11.8 Å². The Morgan fingerprint density at radius 3 is 2.82 bits per heavy atom. The van der Waals surface area contributed by atoms with Crippen molar-refractivity contribution in [2.45, 2.75) is 50.2 Å². The van der Waals surface area contributed by atoms with Gasteiger partial charge in [-0.3, -0.25) is 9.59 Å². The van der Waals surface area contributed by atoms with Gasteiger partial charge >= 0.3 is 0 Å². The highest BCUT2D eigenvalue weighted by Crippen LogP contribution is 2.29. The van der Waals surface area contributed by atoms with E-state index in [0.717, 1.165) is 32.2 Å². The van der Waals surface area contributed by atoms with Crippen LogP contribution in [-0.2, 0) is 9.59 Å². The van der Waals surface area contributed by atoms with Crippen molar-refractivity contribution >= 4 is 11.8 Å². The van der Waals surface area contributed by atoms with Gasteiger partial charge in [0.1, 0.15) is 0 Å². The molecule has 3 aliphatic rings. The van der Waals surface area contributed by atoms with Crippen LogP contribution in [0.1, 0.15) is 32.1 Å². The van der Waals surface area contributed by atoms with E-state index in [2.05, 4.69) is 10.6 Å². The quantitative estimate of drug-likeness (QED) is 0.653. The van der Waals surface area contributed by atoms with Crippen LogP contribution < -0.4 is 10.6 Å². The molecule has 3 aliphatic heterocycles. The molecule has 94 valence electrons. The van der Waals surface area contributed by atoms with Gasteiger partial charge in [0.25, 0.3) is 0 Å². The molecule has 3 unspecified atom stereocenters. The van der Waals surface area contributed by atoms with Crippen LogP contribution in [0.3, 0.4) is 0 Å². The fraction of sp³-hybridized carbons (Fsp3) is 0.833. The minimum absolute atomic E-state index is 0.00805. The fourth-order valence-electron chi connectivity index (χ4n) is 3.31. The second kappa shape index (κ2) is 4.29. The van der Waals surface area contributed by atoms with Crippen molar-refractivity contribution in [1.82, 2.24) is 15.5 Å². The molecule has 0 spiro atoms. The summed E-state index contributed by atoms with van der Waals surface area (Å²) in [5.74, 6) is 0.306. The molecule has 2 amide bonds. The molecule has 2 bridgehead atoms. The van der Waals surface area contributed by atoms with E-state index >= 15 is 0 Å². The van der Waals surface area contributed by atoms with Crippen LogP contribution >= 0.6 is 0 Å². The van der Waals surface area contributed by atoms with Gasteiger partial charge in [-0.15, -0.1) is 0 Å². The van der Waals surface area contributed by atoms with Crippen LogP contribution in [0.5, 0.6) is 0 Å². The first-order valence-corrected chi connectivity index (χ1v) is 6.58. The van der Waals surface area contributed by atoms with Crippen molar-refractivity contribution in [2.24, 2.45) is 0 Å². The Morgan fingerprint density at radius 2 is 2.06 bits per heavy atom. The summed E-state index contributed by atoms with van der Waals surface area (Å²) in [5, 5.41) is 6.16. The predicted octanol–water partition coefficient (Wildman–Crippen LogP) is -0.382. The molecule has 0 aliphatic carbocycles. The van der Waals surface area contributed by atoms with E-state index in [9.17, 15) is 9.59 Å². The van der Waals surface area contributed by atoms with E-state index < -0.39 is 0 Å². The van der Waals surface area contributed by atoms with E-state index in [0.29, 0.717) is 13.0 Å². The number of rotatable bonds is 1. The predicted molar refractivity (Wildman–Crippen MR) is 62.3 cm³/mol. The number of carbonyl (C=O) groups is 2. The number of fused-ring (bicyclic) bond motifs is 2. The number of amides is 2. The summed E-state index contributed by atoms with van der Waals surface area (Å²) in [6, 6.07) is 0.352. The lowest BCUT2D eigenvalue weighted by molar-refractivity contribution is -0.135. The molecule has 3 atom stereocenters. The van der Waals surface area contributed by atoms with Crippen molar-refractivity contribution in [3.63, 3.8) is 0 Å². The highest BCUT2D eigenvalue weighted by molar-refractivity contribution is 5.85. The molecule has 0 saturated carbocycles. The number of carbonyl (C=O) groups excluding carboxylic acids is 2. The van der Waals surface area contributed by atoms with Crippen LogP contribution in [0.25, 0.3) is 0 Å². The molecule has 0 radical (unpaired) electrons. The van der Waals surface area contributed by atoms with Gasteiger partial charge < -0.3 is 15.5 Å². The van der Waals surface area contributed by atoms with Gasteiger partial charge in [-0.05, 0) is 32.2 Å². The van der Waals surface area contributed by atoms with Gasteiger partial charge in [0.15, 0.2) is 0 Å². The number of nitrogens with one attached hydrogen (secondary N) is 2. The summed E-state index contributed by atoms with van der Waals surface area (Å²) in [6.45, 7) is 1.57. The van der Waals surface area contributed by atoms with Crippen LogP contribution in [0.2, 0.25) is 0 Å². The minimum Gasteiger partial charge on any atom is -0.354 e. The molecular formula is C12H19N3O2. The molecule has 0 aromatic carbocycles. The molecular weight excluding hydrogens is 218 g/mol. The molecule has 5 nitrogen and oxygen atoms in total. The highest BCUT2D eigenvalue weighted by Gasteiger charge is 2.42. The summed E-state index contributed by atoms with van der Waals surface area (Å²) >= 11 is 0. The molecule has 3 saturated heterocycles. The lowest BCUT2D eigenvalue weighted by Crippen LogP contribution is -2.49. The number of hydrogen-bond acceptors (Lipinski definition) is 3. The van der Waals surface area contributed by atoms with E-state index in [1.54, 1.807) is 0 Å². The average molecular weight is 237 g/mol. The average Bonchev–Trinajstić information content (AvgIpc) is 2.90. The van der Waals surface area contributed by atoms with Crippen LogP contribution in [-0.4, -0.2) is 47.9 Å². The van der Waals surface area contributed by atoms with Gasteiger partial charge in [-0.1, -0.05) is 0 Å². The largest absolute Gasteiger partial charge is 0.354 e. The van der Waals surface area contributed by atoms with E-state index in [1.165, 1.54) is 0 Å². The molecule has 5 heteroatoms. The summed E-state index contributed by atoms with van der Waals surface area (Å²) in [7, 11) is 0. The third-order valence-electron chi connectivity index (χ3n) is 4.19. The van der Waals surface area contributed by atoms with E-state index in [1.807, 2.05) is 4.90 Å². The Morgan fingerprint density at radius 1 is 1.24 bits per heavy atom. The zero-order valence-electron chi connectivity index (χ0n) is 9.95. The van der Waals surface area contributed by atoms with Gasteiger partial charge in [0, 0.05) is 25.0 Å². The smallest absolute Gasteiger partial charge is 0.240 e.